The molecule has 0 N–H and O–H groups in total. The highest BCUT2D eigenvalue weighted by Crippen LogP contribution is 2.32. The molecule has 1 fully saturated rings. The smallest absolute Gasteiger partial charge is 0.314 e. The van der Waals surface area contributed by atoms with E-state index in [-0.39, 0.29) is 18.0 Å². The van der Waals surface area contributed by atoms with Gasteiger partial charge in [0.25, 0.3) is 0 Å². The van der Waals surface area contributed by atoms with Gasteiger partial charge in [-0.2, -0.15) is 0 Å². The molecule has 0 saturated carbocycles. The summed E-state index contributed by atoms with van der Waals surface area (Å²) >= 11 is 1.63. The van der Waals surface area contributed by atoms with Crippen LogP contribution in [0, 0.1) is 0 Å². The summed E-state index contributed by atoms with van der Waals surface area (Å²) in [6.07, 6.45) is 0.920. The fraction of sp³-hybridized carbons (Fsp3) is 0.444. The molecule has 2 atom stereocenters. The van der Waals surface area contributed by atoms with Gasteiger partial charge in [-0.1, -0.05) is 6.07 Å². The molecule has 2 heterocycles. The van der Waals surface area contributed by atoms with Crippen molar-refractivity contribution in [3.63, 3.8) is 0 Å². The predicted molar refractivity (Wildman–Crippen MR) is 47.2 cm³/mol. The van der Waals surface area contributed by atoms with E-state index in [2.05, 4.69) is 0 Å². The molecule has 1 aromatic rings. The zero-order valence-electron chi connectivity index (χ0n) is 6.82. The molecule has 2 nitrogen and oxygen atoms in total. The molecule has 1 aliphatic rings. The molecule has 0 amide bonds. The van der Waals surface area contributed by atoms with Crippen LogP contribution in [0.4, 0.5) is 0 Å². The van der Waals surface area contributed by atoms with Crippen LogP contribution in [0.15, 0.2) is 17.5 Å². The Morgan fingerprint density at radius 1 is 1.67 bits per heavy atom. The Labute approximate surface area is 75.2 Å². The third kappa shape index (κ3) is 1.25. The molecule has 12 heavy (non-hydrogen) atoms. The van der Waals surface area contributed by atoms with Gasteiger partial charge in [0.15, 0.2) is 0 Å². The normalized spacial score (nSPS) is 28.9. The molecule has 0 radical (unpaired) electrons. The molecule has 0 spiro atoms. The van der Waals surface area contributed by atoms with Crippen molar-refractivity contribution in [2.24, 2.45) is 0 Å². The molecule has 64 valence electrons. The van der Waals surface area contributed by atoms with Crippen LogP contribution >= 0.6 is 11.3 Å². The number of thiophene rings is 1. The number of hydrogen-bond acceptors (Lipinski definition) is 3. The second-order valence-corrected chi connectivity index (χ2v) is 4.03. The van der Waals surface area contributed by atoms with Gasteiger partial charge in [0.1, 0.15) is 6.10 Å². The van der Waals surface area contributed by atoms with E-state index in [1.165, 1.54) is 0 Å². The number of cyclic esters (lactones) is 1. The lowest BCUT2D eigenvalue weighted by molar-refractivity contribution is -0.141. The number of hydrogen-bond donors (Lipinski definition) is 0. The van der Waals surface area contributed by atoms with Crippen LogP contribution in [0.3, 0.4) is 0 Å². The lowest BCUT2D eigenvalue weighted by Crippen LogP contribution is -2.03. The molecule has 2 rings (SSSR count). The van der Waals surface area contributed by atoms with E-state index < -0.39 is 0 Å². The van der Waals surface area contributed by atoms with Crippen LogP contribution < -0.4 is 0 Å². The van der Waals surface area contributed by atoms with Crippen LogP contribution in [-0.4, -0.2) is 12.1 Å². The van der Waals surface area contributed by atoms with Crippen molar-refractivity contribution >= 4 is 17.3 Å². The summed E-state index contributed by atoms with van der Waals surface area (Å²) in [5, 5.41) is 1.99. The maximum Gasteiger partial charge on any atom is 0.314 e. The summed E-state index contributed by atoms with van der Waals surface area (Å²) < 4.78 is 5.07. The molecule has 0 unspecified atom stereocenters. The van der Waals surface area contributed by atoms with Crippen molar-refractivity contribution in [1.82, 2.24) is 0 Å². The van der Waals surface area contributed by atoms with E-state index in [4.69, 9.17) is 4.74 Å². The fourth-order valence-electron chi connectivity index (χ4n) is 1.48. The predicted octanol–water partition coefficient (Wildman–Crippen LogP) is 2.17. The minimum atomic E-state index is -0.0649. The third-order valence-electron chi connectivity index (χ3n) is 2.06. The zero-order chi connectivity index (χ0) is 8.55. The Kier molecular flexibility index (Phi) is 1.89. The van der Waals surface area contributed by atoms with E-state index >= 15 is 0 Å². The van der Waals surface area contributed by atoms with Crippen LogP contribution in [-0.2, 0) is 9.53 Å². The number of carbonyl (C=O) groups excluding carboxylic acids is 1. The molecule has 3 heteroatoms. The van der Waals surface area contributed by atoms with Gasteiger partial charge < -0.3 is 4.74 Å². The van der Waals surface area contributed by atoms with Crippen molar-refractivity contribution in [2.75, 3.05) is 0 Å². The Hall–Kier alpha value is -0.830. The largest absolute Gasteiger partial charge is 0.462 e. The topological polar surface area (TPSA) is 26.3 Å². The first-order chi connectivity index (χ1) is 5.77. The quantitative estimate of drug-likeness (QED) is 0.622. The molecule has 1 saturated heterocycles. The van der Waals surface area contributed by atoms with Gasteiger partial charge in [-0.3, -0.25) is 4.79 Å². The Morgan fingerprint density at radius 2 is 2.50 bits per heavy atom. The summed E-state index contributed by atoms with van der Waals surface area (Å²) in [6, 6.07) is 3.96. The fourth-order valence-corrected chi connectivity index (χ4v) is 2.31. The standard InChI is InChI=1S/C9H10O2S/c1-6-5-7(9(10)11-6)8-3-2-4-12-8/h2-4,6-7H,5H2,1H3/t6-,7+/m0/s1. The summed E-state index contributed by atoms with van der Waals surface area (Å²) in [5.41, 5.74) is 0. The molecule has 1 aliphatic heterocycles. The zero-order valence-corrected chi connectivity index (χ0v) is 7.64. The molecule has 0 bridgehead atoms. The van der Waals surface area contributed by atoms with E-state index in [0.29, 0.717) is 0 Å². The number of esters is 1. The van der Waals surface area contributed by atoms with Gasteiger partial charge >= 0.3 is 5.97 Å². The molecular formula is C9H10O2S. The van der Waals surface area contributed by atoms with Gasteiger partial charge in [-0.15, -0.1) is 11.3 Å². The van der Waals surface area contributed by atoms with Crippen LogP contribution in [0.1, 0.15) is 24.1 Å². The maximum absolute atomic E-state index is 11.3. The lowest BCUT2D eigenvalue weighted by atomic mass is 10.0. The van der Waals surface area contributed by atoms with Crippen LogP contribution in [0.2, 0.25) is 0 Å². The van der Waals surface area contributed by atoms with Gasteiger partial charge in [0.2, 0.25) is 0 Å². The van der Waals surface area contributed by atoms with E-state index in [9.17, 15) is 4.79 Å². The van der Waals surface area contributed by atoms with E-state index in [1.807, 2.05) is 24.4 Å². The Balaban J connectivity index is 2.21. The highest BCUT2D eigenvalue weighted by molar-refractivity contribution is 7.10. The molecule has 0 aliphatic carbocycles. The van der Waals surface area contributed by atoms with Crippen molar-refractivity contribution in [3.05, 3.63) is 22.4 Å². The molecule has 1 aromatic heterocycles. The summed E-state index contributed by atoms with van der Waals surface area (Å²) in [4.78, 5) is 12.4. The van der Waals surface area contributed by atoms with E-state index in [0.717, 1.165) is 11.3 Å². The van der Waals surface area contributed by atoms with Crippen molar-refractivity contribution in [1.29, 1.82) is 0 Å². The first-order valence-electron chi connectivity index (χ1n) is 4.01. The summed E-state index contributed by atoms with van der Waals surface area (Å²) in [7, 11) is 0. The second-order valence-electron chi connectivity index (χ2n) is 3.05. The Bertz CT molecular complexity index is 279. The monoisotopic (exact) mass is 182 g/mol. The number of ether oxygens (including phenoxy) is 1. The highest BCUT2D eigenvalue weighted by Gasteiger charge is 2.33. The number of carbonyl (C=O) groups is 1. The minimum absolute atomic E-state index is 0.000000000000000222. The first kappa shape index (κ1) is 7.80. The average Bonchev–Trinajstić information content (AvgIpc) is 2.58. The average molecular weight is 182 g/mol. The van der Waals surface area contributed by atoms with E-state index in [1.54, 1.807) is 11.3 Å². The van der Waals surface area contributed by atoms with Crippen molar-refractivity contribution in [3.8, 4) is 0 Å². The Morgan fingerprint density at radius 3 is 3.00 bits per heavy atom. The van der Waals surface area contributed by atoms with Crippen molar-refractivity contribution < 1.29 is 9.53 Å². The SMILES string of the molecule is C[C@H]1C[C@H](c2cccs2)C(=O)O1. The summed E-state index contributed by atoms with van der Waals surface area (Å²) in [6.45, 7) is 1.94. The molecule has 0 aromatic carbocycles. The maximum atomic E-state index is 11.3. The summed E-state index contributed by atoms with van der Waals surface area (Å²) in [5.74, 6) is -0.0649. The lowest BCUT2D eigenvalue weighted by Gasteiger charge is -1.98. The first-order valence-corrected chi connectivity index (χ1v) is 4.89. The number of rotatable bonds is 1. The van der Waals surface area contributed by atoms with Gasteiger partial charge in [-0.25, -0.2) is 0 Å². The van der Waals surface area contributed by atoms with Gasteiger partial charge in [-0.05, 0) is 18.4 Å². The van der Waals surface area contributed by atoms with Gasteiger partial charge in [0, 0.05) is 11.3 Å². The minimum Gasteiger partial charge on any atom is -0.462 e. The molecular weight excluding hydrogens is 172 g/mol. The second kappa shape index (κ2) is 2.90. The van der Waals surface area contributed by atoms with Gasteiger partial charge in [0.05, 0.1) is 5.92 Å². The highest BCUT2D eigenvalue weighted by atomic mass is 32.1. The third-order valence-corrected chi connectivity index (χ3v) is 3.04. The van der Waals surface area contributed by atoms with Crippen LogP contribution in [0.5, 0.6) is 0 Å². The van der Waals surface area contributed by atoms with Crippen LogP contribution in [0.25, 0.3) is 0 Å². The van der Waals surface area contributed by atoms with Crippen molar-refractivity contribution in [2.45, 2.75) is 25.4 Å².